The Morgan fingerprint density at radius 1 is 0.921 bits per heavy atom. The van der Waals surface area contributed by atoms with Crippen molar-refractivity contribution in [2.75, 3.05) is 20.6 Å². The Labute approximate surface area is 223 Å². The maximum atomic E-state index is 13.9. The molecule has 1 aliphatic rings. The van der Waals surface area contributed by atoms with Gasteiger partial charge in [-0.3, -0.25) is 23.9 Å². The van der Waals surface area contributed by atoms with Crippen molar-refractivity contribution < 1.29 is 18.8 Å². The minimum Gasteiger partial charge on any atom is -0.309 e. The summed E-state index contributed by atoms with van der Waals surface area (Å²) in [6.07, 6.45) is 0.471. The largest absolute Gasteiger partial charge is 0.309 e. The van der Waals surface area contributed by atoms with E-state index < -0.39 is 23.4 Å². The molecule has 0 unspecified atom stereocenters. The zero-order chi connectivity index (χ0) is 27.0. The molecule has 192 valence electrons. The van der Waals surface area contributed by atoms with Crippen molar-refractivity contribution in [3.05, 3.63) is 111 Å². The summed E-state index contributed by atoms with van der Waals surface area (Å²) >= 11 is 6.28. The Morgan fingerprint density at radius 2 is 1.61 bits per heavy atom. The van der Waals surface area contributed by atoms with Crippen molar-refractivity contribution in [1.82, 2.24) is 24.6 Å². The Hall–Kier alpha value is -4.21. The molecule has 0 spiro atoms. The van der Waals surface area contributed by atoms with Crippen molar-refractivity contribution in [3.8, 4) is 5.69 Å². The maximum Gasteiger partial charge on any atom is 0.261 e. The van der Waals surface area contributed by atoms with Crippen LogP contribution in [0.4, 0.5) is 4.39 Å². The molecular weight excluding hydrogens is 509 g/mol. The molecule has 1 aliphatic heterocycles. The highest BCUT2D eigenvalue weighted by Crippen LogP contribution is 2.28. The van der Waals surface area contributed by atoms with Crippen LogP contribution in [0.5, 0.6) is 0 Å². The van der Waals surface area contributed by atoms with Gasteiger partial charge >= 0.3 is 0 Å². The number of hydrogen-bond donors (Lipinski definition) is 0. The predicted molar refractivity (Wildman–Crippen MR) is 139 cm³/mol. The third-order valence-corrected chi connectivity index (χ3v) is 6.52. The number of halogens is 2. The highest BCUT2D eigenvalue weighted by molar-refractivity contribution is 6.31. The van der Waals surface area contributed by atoms with Crippen LogP contribution in [0.25, 0.3) is 5.69 Å². The minimum absolute atomic E-state index is 0.151. The Balaban J connectivity index is 1.61. The quantitative estimate of drug-likeness (QED) is 0.250. The van der Waals surface area contributed by atoms with Crippen LogP contribution < -0.4 is 0 Å². The fraction of sp³-hybridized carbons (Fsp3) is 0.179. The molecule has 5 rings (SSSR count). The lowest BCUT2D eigenvalue weighted by Gasteiger charge is -2.18. The average molecular weight is 532 g/mol. The zero-order valence-electron chi connectivity index (χ0n) is 20.7. The van der Waals surface area contributed by atoms with E-state index >= 15 is 0 Å². The fourth-order valence-corrected chi connectivity index (χ4v) is 4.59. The van der Waals surface area contributed by atoms with E-state index in [0.29, 0.717) is 46.5 Å². The number of rotatable bonds is 8. The number of aromatic nitrogens is 3. The first-order chi connectivity index (χ1) is 18.2. The summed E-state index contributed by atoms with van der Waals surface area (Å²) < 4.78 is 15.6. The SMILES string of the molecule is CN(C)CCc1nnc(CN2C(=O)c3ccccc3C2=O)n1-c1ccc(Cl)cc1C(=O)c1cccc(F)c1. The fourth-order valence-electron chi connectivity index (χ4n) is 4.41. The summed E-state index contributed by atoms with van der Waals surface area (Å²) in [5.41, 5.74) is 1.42. The second-order valence-corrected chi connectivity index (χ2v) is 9.60. The molecule has 0 fully saturated rings. The monoisotopic (exact) mass is 531 g/mol. The standard InChI is InChI=1S/C28H23ClFN5O3/c1-33(2)13-12-24-31-32-25(16-34-27(37)20-8-3-4-9-21(20)28(34)38)35(24)23-11-10-18(29)15-22(23)26(36)17-6-5-7-19(30)14-17/h3-11,14-15H,12-13,16H2,1-2H3. The van der Waals surface area contributed by atoms with Gasteiger partial charge in [-0.15, -0.1) is 10.2 Å². The first-order valence-corrected chi connectivity index (χ1v) is 12.3. The summed E-state index contributed by atoms with van der Waals surface area (Å²) in [6, 6.07) is 16.8. The molecule has 0 radical (unpaired) electrons. The summed E-state index contributed by atoms with van der Waals surface area (Å²) in [5, 5.41) is 8.99. The second-order valence-electron chi connectivity index (χ2n) is 9.16. The van der Waals surface area contributed by atoms with Crippen molar-refractivity contribution >= 4 is 29.2 Å². The van der Waals surface area contributed by atoms with E-state index in [1.165, 1.54) is 24.3 Å². The van der Waals surface area contributed by atoms with Gasteiger partial charge in [-0.05, 0) is 56.6 Å². The van der Waals surface area contributed by atoms with E-state index in [9.17, 15) is 18.8 Å². The second kappa shape index (κ2) is 10.3. The van der Waals surface area contributed by atoms with E-state index in [1.807, 2.05) is 19.0 Å². The van der Waals surface area contributed by atoms with Crippen molar-refractivity contribution in [2.24, 2.45) is 0 Å². The van der Waals surface area contributed by atoms with E-state index in [-0.39, 0.29) is 17.7 Å². The molecule has 0 N–H and O–H groups in total. The zero-order valence-corrected chi connectivity index (χ0v) is 21.4. The normalized spacial score (nSPS) is 12.9. The smallest absolute Gasteiger partial charge is 0.261 e. The molecule has 0 saturated carbocycles. The van der Waals surface area contributed by atoms with Crippen LogP contribution in [0.15, 0.2) is 66.7 Å². The number of hydrogen-bond acceptors (Lipinski definition) is 6. The third kappa shape index (κ3) is 4.73. The lowest BCUT2D eigenvalue weighted by molar-refractivity contribution is 0.0637. The third-order valence-electron chi connectivity index (χ3n) is 6.29. The number of fused-ring (bicyclic) bond motifs is 1. The molecule has 4 aromatic rings. The van der Waals surface area contributed by atoms with E-state index in [0.717, 1.165) is 11.0 Å². The van der Waals surface area contributed by atoms with Gasteiger partial charge in [0.15, 0.2) is 11.6 Å². The maximum absolute atomic E-state index is 13.9. The van der Waals surface area contributed by atoms with Crippen molar-refractivity contribution in [3.63, 3.8) is 0 Å². The van der Waals surface area contributed by atoms with E-state index in [1.54, 1.807) is 41.0 Å². The van der Waals surface area contributed by atoms with Crippen LogP contribution >= 0.6 is 11.6 Å². The van der Waals surface area contributed by atoms with Gasteiger partial charge in [-0.1, -0.05) is 35.9 Å². The molecule has 0 saturated heterocycles. The van der Waals surface area contributed by atoms with Crippen molar-refractivity contribution in [2.45, 2.75) is 13.0 Å². The number of likely N-dealkylation sites (N-methyl/N-ethyl adjacent to an activating group) is 1. The Kier molecular flexibility index (Phi) is 6.88. The molecular formula is C28H23ClFN5O3. The van der Waals surface area contributed by atoms with Crippen molar-refractivity contribution in [1.29, 1.82) is 0 Å². The number of carbonyl (C=O) groups excluding carboxylic acids is 3. The molecule has 10 heteroatoms. The topological polar surface area (TPSA) is 88.4 Å². The van der Waals surface area contributed by atoms with E-state index in [2.05, 4.69) is 10.2 Å². The number of amides is 2. The molecule has 2 amide bonds. The van der Waals surface area contributed by atoms with Gasteiger partial charge in [0.2, 0.25) is 0 Å². The van der Waals surface area contributed by atoms with Gasteiger partial charge < -0.3 is 4.90 Å². The number of benzene rings is 3. The average Bonchev–Trinajstić information content (AvgIpc) is 3.41. The van der Waals surface area contributed by atoms with Crippen LogP contribution in [0.1, 0.15) is 48.3 Å². The molecule has 1 aromatic heterocycles. The highest BCUT2D eigenvalue weighted by Gasteiger charge is 2.36. The van der Waals surface area contributed by atoms with Crippen LogP contribution in [0, 0.1) is 5.82 Å². The summed E-state index contributed by atoms with van der Waals surface area (Å²) in [4.78, 5) is 42.7. The minimum atomic E-state index is -0.540. The summed E-state index contributed by atoms with van der Waals surface area (Å²) in [7, 11) is 3.84. The Bertz CT molecular complexity index is 1550. The summed E-state index contributed by atoms with van der Waals surface area (Å²) in [6.45, 7) is 0.476. The molecule has 8 nitrogen and oxygen atoms in total. The lowest BCUT2D eigenvalue weighted by Crippen LogP contribution is -2.30. The van der Waals surface area contributed by atoms with Gasteiger partial charge in [0.1, 0.15) is 11.6 Å². The first-order valence-electron chi connectivity index (χ1n) is 11.9. The Morgan fingerprint density at radius 3 is 2.26 bits per heavy atom. The van der Waals surface area contributed by atoms with Gasteiger partial charge in [-0.2, -0.15) is 0 Å². The van der Waals surface area contributed by atoms with Gasteiger partial charge in [0.05, 0.1) is 23.4 Å². The number of imide groups is 1. The van der Waals surface area contributed by atoms with Gasteiger partial charge in [-0.25, -0.2) is 4.39 Å². The van der Waals surface area contributed by atoms with Crippen LogP contribution in [0.2, 0.25) is 5.02 Å². The molecule has 0 atom stereocenters. The van der Waals surface area contributed by atoms with Crippen LogP contribution in [-0.2, 0) is 13.0 Å². The number of carbonyl (C=O) groups is 3. The number of nitrogens with zero attached hydrogens (tertiary/aromatic N) is 5. The van der Waals surface area contributed by atoms with E-state index in [4.69, 9.17) is 11.6 Å². The number of ketones is 1. The van der Waals surface area contributed by atoms with Crippen LogP contribution in [-0.4, -0.2) is 62.8 Å². The van der Waals surface area contributed by atoms with Gasteiger partial charge in [0.25, 0.3) is 11.8 Å². The molecule has 0 aliphatic carbocycles. The molecule has 38 heavy (non-hydrogen) atoms. The van der Waals surface area contributed by atoms with Crippen LogP contribution in [0.3, 0.4) is 0 Å². The lowest BCUT2D eigenvalue weighted by atomic mass is 10.0. The van der Waals surface area contributed by atoms with Gasteiger partial charge in [0, 0.05) is 29.1 Å². The first kappa shape index (κ1) is 25.4. The molecule has 0 bridgehead atoms. The molecule has 3 aromatic carbocycles. The highest BCUT2D eigenvalue weighted by atomic mass is 35.5. The summed E-state index contributed by atoms with van der Waals surface area (Å²) in [5.74, 6) is -1.02. The predicted octanol–water partition coefficient (Wildman–Crippen LogP) is 4.19. The molecule has 2 heterocycles.